The smallest absolute Gasteiger partial charge is 0.0798 e. The van der Waals surface area contributed by atoms with Crippen molar-refractivity contribution in [1.29, 1.82) is 0 Å². The zero-order valence-corrected chi connectivity index (χ0v) is 12.1. The first-order valence-corrected chi connectivity index (χ1v) is 7.46. The van der Waals surface area contributed by atoms with E-state index in [-0.39, 0.29) is 5.92 Å². The molecule has 1 unspecified atom stereocenters. The highest BCUT2D eigenvalue weighted by molar-refractivity contribution is 6.09. The van der Waals surface area contributed by atoms with E-state index < -0.39 is 0 Å². The van der Waals surface area contributed by atoms with Crippen molar-refractivity contribution in [3.8, 4) is 0 Å². The van der Waals surface area contributed by atoms with Gasteiger partial charge in [-0.25, -0.2) is 0 Å². The number of rotatable bonds is 2. The summed E-state index contributed by atoms with van der Waals surface area (Å²) in [6, 6.07) is 29.3. The number of fused-ring (bicyclic) bond motifs is 1. The van der Waals surface area contributed by atoms with E-state index in [0.717, 1.165) is 17.0 Å². The van der Waals surface area contributed by atoms with E-state index in [1.165, 1.54) is 11.1 Å². The molecule has 0 fully saturated rings. The third-order valence-corrected chi connectivity index (χ3v) is 4.04. The fourth-order valence-electron chi connectivity index (χ4n) is 3.01. The van der Waals surface area contributed by atoms with E-state index in [1.54, 1.807) is 0 Å². The maximum absolute atomic E-state index is 4.67. The van der Waals surface area contributed by atoms with Gasteiger partial charge >= 0.3 is 0 Å². The van der Waals surface area contributed by atoms with Gasteiger partial charge in [0.1, 0.15) is 0 Å². The number of hydrogen-bond acceptors (Lipinski definition) is 2. The fourth-order valence-corrected chi connectivity index (χ4v) is 3.01. The molecule has 0 saturated heterocycles. The van der Waals surface area contributed by atoms with Crippen LogP contribution in [0, 0.1) is 0 Å². The molecule has 4 rings (SSSR count). The van der Waals surface area contributed by atoms with E-state index in [1.807, 2.05) is 12.1 Å². The molecule has 22 heavy (non-hydrogen) atoms. The Hall–Kier alpha value is -2.87. The summed E-state index contributed by atoms with van der Waals surface area (Å²) >= 11 is 0. The summed E-state index contributed by atoms with van der Waals surface area (Å²) in [6.07, 6.45) is 0. The molecule has 0 spiro atoms. The summed E-state index contributed by atoms with van der Waals surface area (Å²) in [5.41, 5.74) is 9.02. The number of benzene rings is 3. The molecular formula is C20H16N2. The van der Waals surface area contributed by atoms with E-state index >= 15 is 0 Å². The average molecular weight is 284 g/mol. The van der Waals surface area contributed by atoms with Crippen LogP contribution in [0.5, 0.6) is 0 Å². The summed E-state index contributed by atoms with van der Waals surface area (Å²) < 4.78 is 0. The summed E-state index contributed by atoms with van der Waals surface area (Å²) in [4.78, 5) is 0. The minimum atomic E-state index is 0.154. The van der Waals surface area contributed by atoms with Gasteiger partial charge in [-0.15, -0.1) is 0 Å². The minimum absolute atomic E-state index is 0.154. The van der Waals surface area contributed by atoms with Crippen LogP contribution in [0.2, 0.25) is 0 Å². The molecule has 0 bridgehead atoms. The van der Waals surface area contributed by atoms with Crippen LogP contribution < -0.4 is 5.43 Å². The Morgan fingerprint density at radius 2 is 1.32 bits per heavy atom. The molecule has 1 N–H and O–H groups in total. The summed E-state index contributed by atoms with van der Waals surface area (Å²) in [6.45, 7) is 0. The zero-order chi connectivity index (χ0) is 14.8. The Kier molecular flexibility index (Phi) is 3.20. The molecule has 3 aromatic carbocycles. The van der Waals surface area contributed by atoms with Crippen molar-refractivity contribution in [3.63, 3.8) is 0 Å². The second-order valence-corrected chi connectivity index (χ2v) is 5.41. The quantitative estimate of drug-likeness (QED) is 0.728. The number of hydrogen-bond donors (Lipinski definition) is 1. The van der Waals surface area contributed by atoms with Crippen LogP contribution >= 0.6 is 0 Å². The second kappa shape index (κ2) is 5.49. The lowest BCUT2D eigenvalue weighted by Gasteiger charge is -2.27. The molecule has 3 aromatic rings. The van der Waals surface area contributed by atoms with Gasteiger partial charge in [0, 0.05) is 0 Å². The third kappa shape index (κ3) is 2.19. The molecule has 2 heteroatoms. The lowest BCUT2D eigenvalue weighted by molar-refractivity contribution is 1.03. The average Bonchev–Trinajstić information content (AvgIpc) is 2.62. The standard InChI is InChI=1S/C20H16N2/c1-3-9-15(10-4-1)19-17-13-7-8-14-18(17)21-22-20(19)16-11-5-2-6-12-16/h1-14,19,21H. The van der Waals surface area contributed by atoms with Gasteiger partial charge in [0.25, 0.3) is 0 Å². The SMILES string of the molecule is c1ccc(C2=NNc3ccccc3C2c2ccccc2)cc1. The van der Waals surface area contributed by atoms with Crippen molar-refractivity contribution in [3.05, 3.63) is 102 Å². The fraction of sp³-hybridized carbons (Fsp3) is 0.0500. The van der Waals surface area contributed by atoms with Crippen LogP contribution in [-0.4, -0.2) is 5.71 Å². The minimum Gasteiger partial charge on any atom is -0.278 e. The van der Waals surface area contributed by atoms with Crippen molar-refractivity contribution in [1.82, 2.24) is 0 Å². The number of hydrazone groups is 1. The van der Waals surface area contributed by atoms with E-state index in [0.29, 0.717) is 0 Å². The molecule has 1 heterocycles. The van der Waals surface area contributed by atoms with Gasteiger partial charge in [0.15, 0.2) is 0 Å². The van der Waals surface area contributed by atoms with Gasteiger partial charge in [0.05, 0.1) is 17.3 Å². The third-order valence-electron chi connectivity index (χ3n) is 4.04. The largest absolute Gasteiger partial charge is 0.278 e. The summed E-state index contributed by atoms with van der Waals surface area (Å²) in [7, 11) is 0. The van der Waals surface area contributed by atoms with Crippen molar-refractivity contribution in [2.24, 2.45) is 5.10 Å². The van der Waals surface area contributed by atoms with E-state index in [2.05, 4.69) is 83.3 Å². The Labute approximate surface area is 130 Å². The maximum Gasteiger partial charge on any atom is 0.0798 e. The molecule has 1 aliphatic heterocycles. The maximum atomic E-state index is 4.67. The van der Waals surface area contributed by atoms with Gasteiger partial charge in [-0.3, -0.25) is 5.43 Å². The van der Waals surface area contributed by atoms with Crippen molar-refractivity contribution in [2.45, 2.75) is 5.92 Å². The first-order chi connectivity index (χ1) is 10.9. The highest BCUT2D eigenvalue weighted by Gasteiger charge is 2.27. The van der Waals surface area contributed by atoms with Crippen LogP contribution in [0.15, 0.2) is 90.0 Å². The molecule has 0 amide bonds. The monoisotopic (exact) mass is 284 g/mol. The Morgan fingerprint density at radius 3 is 2.09 bits per heavy atom. The predicted octanol–water partition coefficient (Wildman–Crippen LogP) is 4.65. The van der Waals surface area contributed by atoms with Crippen LogP contribution in [0.3, 0.4) is 0 Å². The molecular weight excluding hydrogens is 268 g/mol. The van der Waals surface area contributed by atoms with Crippen LogP contribution in [-0.2, 0) is 0 Å². The molecule has 0 aliphatic carbocycles. The normalized spacial score (nSPS) is 16.4. The van der Waals surface area contributed by atoms with Gasteiger partial charge < -0.3 is 0 Å². The molecule has 2 nitrogen and oxygen atoms in total. The van der Waals surface area contributed by atoms with Crippen molar-refractivity contribution >= 4 is 11.4 Å². The van der Waals surface area contributed by atoms with Crippen molar-refractivity contribution < 1.29 is 0 Å². The predicted molar refractivity (Wildman–Crippen MR) is 91.3 cm³/mol. The Morgan fingerprint density at radius 1 is 0.682 bits per heavy atom. The Balaban J connectivity index is 1.90. The van der Waals surface area contributed by atoms with Gasteiger partial charge in [0.2, 0.25) is 0 Å². The topological polar surface area (TPSA) is 24.4 Å². The van der Waals surface area contributed by atoms with Gasteiger partial charge in [-0.2, -0.15) is 5.10 Å². The Bertz CT molecular complexity index is 807. The van der Waals surface area contributed by atoms with Gasteiger partial charge in [-0.1, -0.05) is 78.9 Å². The van der Waals surface area contributed by atoms with E-state index in [9.17, 15) is 0 Å². The van der Waals surface area contributed by atoms with Crippen LogP contribution in [0.4, 0.5) is 5.69 Å². The molecule has 1 atom stereocenters. The molecule has 0 saturated carbocycles. The number of anilines is 1. The highest BCUT2D eigenvalue weighted by atomic mass is 15.3. The second-order valence-electron chi connectivity index (χ2n) is 5.41. The van der Waals surface area contributed by atoms with Crippen LogP contribution in [0.1, 0.15) is 22.6 Å². The summed E-state index contributed by atoms with van der Waals surface area (Å²) in [5.74, 6) is 0.154. The molecule has 0 aromatic heterocycles. The summed E-state index contributed by atoms with van der Waals surface area (Å²) in [5, 5.41) is 4.67. The van der Waals surface area contributed by atoms with Crippen LogP contribution in [0.25, 0.3) is 0 Å². The molecule has 106 valence electrons. The first kappa shape index (κ1) is 12.8. The lowest BCUT2D eigenvalue weighted by atomic mass is 9.82. The molecule has 0 radical (unpaired) electrons. The van der Waals surface area contributed by atoms with Gasteiger partial charge in [-0.05, 0) is 22.8 Å². The first-order valence-electron chi connectivity index (χ1n) is 7.46. The van der Waals surface area contributed by atoms with Crippen molar-refractivity contribution in [2.75, 3.05) is 5.43 Å². The number of para-hydroxylation sites is 1. The van der Waals surface area contributed by atoms with E-state index in [4.69, 9.17) is 0 Å². The number of nitrogens with one attached hydrogen (secondary N) is 1. The lowest BCUT2D eigenvalue weighted by Crippen LogP contribution is -2.22. The highest BCUT2D eigenvalue weighted by Crippen LogP contribution is 2.36. The zero-order valence-electron chi connectivity index (χ0n) is 12.1. The number of nitrogens with zero attached hydrogens (tertiary/aromatic N) is 1. The molecule has 1 aliphatic rings.